The number of aromatic nitrogens is 2. The van der Waals surface area contributed by atoms with Crippen LogP contribution in [0, 0.1) is 6.92 Å². The highest BCUT2D eigenvalue weighted by Gasteiger charge is 2.35. The van der Waals surface area contributed by atoms with Crippen molar-refractivity contribution in [3.63, 3.8) is 0 Å². The summed E-state index contributed by atoms with van der Waals surface area (Å²) in [6.45, 7) is 4.25. The molecule has 174 valence electrons. The quantitative estimate of drug-likeness (QED) is 0.251. The van der Waals surface area contributed by atoms with E-state index in [-0.39, 0.29) is 11.8 Å². The average molecular weight is 518 g/mol. The number of hydrogen-bond acceptors (Lipinski definition) is 3. The van der Waals surface area contributed by atoms with E-state index in [0.29, 0.717) is 19.6 Å². The molecule has 0 aliphatic carbocycles. The SMILES string of the molecule is Cc1ccccc1OCCCCn1c(C2CC(=O)N(c3ccccc3Br)C2)nc2ccccc21. The Hall–Kier alpha value is -3.12. The smallest absolute Gasteiger partial charge is 0.227 e. The predicted molar refractivity (Wildman–Crippen MR) is 139 cm³/mol. The third kappa shape index (κ3) is 4.60. The molecule has 1 aromatic heterocycles. The van der Waals surface area contributed by atoms with E-state index in [1.165, 1.54) is 0 Å². The molecule has 0 saturated carbocycles. The van der Waals surface area contributed by atoms with Crippen LogP contribution < -0.4 is 9.64 Å². The lowest BCUT2D eigenvalue weighted by atomic mass is 10.1. The van der Waals surface area contributed by atoms with E-state index in [9.17, 15) is 4.79 Å². The number of anilines is 1. The van der Waals surface area contributed by atoms with E-state index in [2.05, 4.69) is 51.7 Å². The summed E-state index contributed by atoms with van der Waals surface area (Å²) in [4.78, 5) is 19.8. The van der Waals surface area contributed by atoms with E-state index in [1.807, 2.05) is 53.4 Å². The molecule has 34 heavy (non-hydrogen) atoms. The van der Waals surface area contributed by atoms with Gasteiger partial charge in [-0.15, -0.1) is 0 Å². The Balaban J connectivity index is 1.31. The topological polar surface area (TPSA) is 47.4 Å². The van der Waals surface area contributed by atoms with Crippen LogP contribution in [0.2, 0.25) is 0 Å². The molecule has 1 aliphatic heterocycles. The van der Waals surface area contributed by atoms with Crippen LogP contribution in [0.25, 0.3) is 11.0 Å². The summed E-state index contributed by atoms with van der Waals surface area (Å²) in [7, 11) is 0. The molecular weight excluding hydrogens is 490 g/mol. The van der Waals surface area contributed by atoms with Crippen LogP contribution in [0.4, 0.5) is 5.69 Å². The Labute approximate surface area is 208 Å². The number of ether oxygens (including phenoxy) is 1. The molecule has 3 aromatic carbocycles. The summed E-state index contributed by atoms with van der Waals surface area (Å²) in [6, 6.07) is 24.3. The Morgan fingerprint density at radius 1 is 1.00 bits per heavy atom. The van der Waals surface area contributed by atoms with Crippen molar-refractivity contribution < 1.29 is 9.53 Å². The third-order valence-corrected chi connectivity index (χ3v) is 7.12. The van der Waals surface area contributed by atoms with Crippen molar-refractivity contribution in [3.05, 3.63) is 88.7 Å². The first-order valence-electron chi connectivity index (χ1n) is 11.8. The van der Waals surface area contributed by atoms with E-state index < -0.39 is 0 Å². The monoisotopic (exact) mass is 517 g/mol. The Bertz CT molecular complexity index is 1320. The zero-order chi connectivity index (χ0) is 23.5. The van der Waals surface area contributed by atoms with Crippen molar-refractivity contribution in [3.8, 4) is 5.75 Å². The first-order chi connectivity index (χ1) is 16.6. The van der Waals surface area contributed by atoms with Crippen LogP contribution in [0.1, 0.15) is 36.6 Å². The Morgan fingerprint density at radius 2 is 1.76 bits per heavy atom. The van der Waals surface area contributed by atoms with Gasteiger partial charge in [0.2, 0.25) is 5.91 Å². The first-order valence-corrected chi connectivity index (χ1v) is 12.6. The van der Waals surface area contributed by atoms with Crippen LogP contribution in [0.5, 0.6) is 5.75 Å². The summed E-state index contributed by atoms with van der Waals surface area (Å²) < 4.78 is 9.23. The fourth-order valence-electron chi connectivity index (χ4n) is 4.70. The molecule has 1 fully saturated rings. The fourth-order valence-corrected chi connectivity index (χ4v) is 5.20. The maximum Gasteiger partial charge on any atom is 0.227 e. The summed E-state index contributed by atoms with van der Waals surface area (Å²) in [5.74, 6) is 2.16. The number of rotatable bonds is 8. The molecule has 0 radical (unpaired) electrons. The lowest BCUT2D eigenvalue weighted by molar-refractivity contribution is -0.117. The summed E-state index contributed by atoms with van der Waals surface area (Å²) in [6.07, 6.45) is 2.40. The molecule has 5 rings (SSSR count). The van der Waals surface area contributed by atoms with Crippen LogP contribution in [-0.4, -0.2) is 28.6 Å². The molecule has 1 saturated heterocycles. The molecule has 4 aromatic rings. The molecule has 2 heterocycles. The number of imidazole rings is 1. The Morgan fingerprint density at radius 3 is 2.62 bits per heavy atom. The van der Waals surface area contributed by atoms with E-state index in [4.69, 9.17) is 9.72 Å². The van der Waals surface area contributed by atoms with Crippen LogP contribution in [-0.2, 0) is 11.3 Å². The zero-order valence-electron chi connectivity index (χ0n) is 19.3. The number of nitrogens with zero attached hydrogens (tertiary/aromatic N) is 3. The van der Waals surface area contributed by atoms with Gasteiger partial charge in [0.25, 0.3) is 0 Å². The predicted octanol–water partition coefficient (Wildman–Crippen LogP) is 6.49. The van der Waals surface area contributed by atoms with Crippen molar-refractivity contribution in [2.24, 2.45) is 0 Å². The molecule has 0 N–H and O–H groups in total. The molecule has 1 unspecified atom stereocenters. The van der Waals surface area contributed by atoms with E-state index in [0.717, 1.165) is 57.7 Å². The molecule has 0 bridgehead atoms. The number of carbonyl (C=O) groups is 1. The van der Waals surface area contributed by atoms with Gasteiger partial charge in [0.1, 0.15) is 11.6 Å². The number of carbonyl (C=O) groups excluding carboxylic acids is 1. The minimum atomic E-state index is 0.0650. The zero-order valence-corrected chi connectivity index (χ0v) is 20.9. The first kappa shape index (κ1) is 22.7. The number of amides is 1. The largest absolute Gasteiger partial charge is 0.493 e. The lowest BCUT2D eigenvalue weighted by Gasteiger charge is -2.19. The van der Waals surface area contributed by atoms with Crippen molar-refractivity contribution in [2.45, 2.75) is 38.6 Å². The van der Waals surface area contributed by atoms with Gasteiger partial charge in [0.05, 0.1) is 23.3 Å². The molecule has 5 nitrogen and oxygen atoms in total. The van der Waals surface area contributed by atoms with Crippen LogP contribution in [0.3, 0.4) is 0 Å². The number of fused-ring (bicyclic) bond motifs is 1. The highest BCUT2D eigenvalue weighted by atomic mass is 79.9. The van der Waals surface area contributed by atoms with Gasteiger partial charge >= 0.3 is 0 Å². The molecular formula is C28H28BrN3O2. The standard InChI is InChI=1S/C28H28BrN3O2/c1-20-10-2-7-15-26(20)34-17-9-8-16-31-25-14-6-4-12-23(25)30-28(31)21-18-27(33)32(19-21)24-13-5-3-11-22(24)29/h2-7,10-15,21H,8-9,16-19H2,1H3. The molecule has 6 heteroatoms. The van der Waals surface area contributed by atoms with E-state index >= 15 is 0 Å². The third-order valence-electron chi connectivity index (χ3n) is 6.44. The van der Waals surface area contributed by atoms with Crippen molar-refractivity contribution in [1.29, 1.82) is 0 Å². The van der Waals surface area contributed by atoms with Gasteiger partial charge in [-0.25, -0.2) is 4.98 Å². The van der Waals surface area contributed by atoms with Crippen LogP contribution in [0.15, 0.2) is 77.3 Å². The van der Waals surface area contributed by atoms with Crippen molar-refractivity contribution >= 4 is 38.6 Å². The number of unbranched alkanes of at least 4 members (excludes halogenated alkanes) is 1. The second-order valence-corrected chi connectivity index (χ2v) is 9.64. The molecule has 0 spiro atoms. The fraction of sp³-hybridized carbons (Fsp3) is 0.286. The summed E-state index contributed by atoms with van der Waals surface area (Å²) in [5, 5.41) is 0. The normalized spacial score (nSPS) is 15.9. The Kier molecular flexibility index (Phi) is 6.68. The highest BCUT2D eigenvalue weighted by Crippen LogP contribution is 2.36. The van der Waals surface area contributed by atoms with Gasteiger partial charge < -0.3 is 14.2 Å². The number of halogens is 1. The number of aryl methyl sites for hydroxylation is 2. The number of hydrogen-bond donors (Lipinski definition) is 0. The molecule has 1 atom stereocenters. The number of benzene rings is 3. The van der Waals surface area contributed by atoms with Gasteiger partial charge in [0.15, 0.2) is 0 Å². The molecule has 1 amide bonds. The highest BCUT2D eigenvalue weighted by molar-refractivity contribution is 9.10. The van der Waals surface area contributed by atoms with E-state index in [1.54, 1.807) is 0 Å². The minimum absolute atomic E-state index is 0.0650. The summed E-state index contributed by atoms with van der Waals surface area (Å²) >= 11 is 3.60. The van der Waals surface area contributed by atoms with Gasteiger partial charge in [-0.3, -0.25) is 4.79 Å². The number of para-hydroxylation sites is 4. The van der Waals surface area contributed by atoms with Crippen molar-refractivity contribution in [2.75, 3.05) is 18.1 Å². The maximum absolute atomic E-state index is 13.0. The van der Waals surface area contributed by atoms with Gasteiger partial charge in [0, 0.05) is 29.9 Å². The summed E-state index contributed by atoms with van der Waals surface area (Å²) in [5.41, 5.74) is 4.20. The second-order valence-electron chi connectivity index (χ2n) is 8.79. The van der Waals surface area contributed by atoms with Crippen LogP contribution >= 0.6 is 15.9 Å². The average Bonchev–Trinajstić information content (AvgIpc) is 3.41. The van der Waals surface area contributed by atoms with Gasteiger partial charge in [-0.1, -0.05) is 42.5 Å². The van der Waals surface area contributed by atoms with Crippen molar-refractivity contribution in [1.82, 2.24) is 9.55 Å². The molecule has 1 aliphatic rings. The van der Waals surface area contributed by atoms with Gasteiger partial charge in [-0.05, 0) is 71.6 Å². The minimum Gasteiger partial charge on any atom is -0.493 e. The van der Waals surface area contributed by atoms with Gasteiger partial charge in [-0.2, -0.15) is 0 Å². The maximum atomic E-state index is 13.0. The second kappa shape index (κ2) is 10.0. The lowest BCUT2D eigenvalue weighted by Crippen LogP contribution is -2.25.